The highest BCUT2D eigenvalue weighted by molar-refractivity contribution is 7.87. The maximum Gasteiger partial charge on any atom is 0.321 e. The molecule has 1 atom stereocenters. The Labute approximate surface area is 109 Å². The molecule has 18 heavy (non-hydrogen) atoms. The van der Waals surface area contributed by atoms with Gasteiger partial charge in [-0.2, -0.15) is 17.4 Å². The predicted molar refractivity (Wildman–Crippen MR) is 68.4 cm³/mol. The van der Waals surface area contributed by atoms with Crippen molar-refractivity contribution in [3.8, 4) is 0 Å². The molecule has 1 fully saturated rings. The van der Waals surface area contributed by atoms with Gasteiger partial charge in [0.2, 0.25) is 0 Å². The minimum atomic E-state index is -3.67. The second-order valence-electron chi connectivity index (χ2n) is 4.88. The average Bonchev–Trinajstić information content (AvgIpc) is 2.28. The summed E-state index contributed by atoms with van der Waals surface area (Å²) in [6.45, 7) is 4.85. The van der Waals surface area contributed by atoms with E-state index in [4.69, 9.17) is 5.11 Å². The van der Waals surface area contributed by atoms with Crippen molar-refractivity contribution in [3.05, 3.63) is 0 Å². The molecule has 0 spiro atoms. The molecule has 6 nitrogen and oxygen atoms in total. The van der Waals surface area contributed by atoms with Crippen LogP contribution in [0.15, 0.2) is 0 Å². The number of carboxylic acids is 1. The lowest BCUT2D eigenvalue weighted by molar-refractivity contribution is -0.139. The SMILES string of the molecule is CCCC(NS(=O)(=O)N1CCC(C)CC1)C(=O)O. The van der Waals surface area contributed by atoms with E-state index in [-0.39, 0.29) is 0 Å². The smallest absolute Gasteiger partial charge is 0.321 e. The van der Waals surface area contributed by atoms with Gasteiger partial charge in [-0.15, -0.1) is 0 Å². The van der Waals surface area contributed by atoms with Gasteiger partial charge in [0.1, 0.15) is 6.04 Å². The molecule has 7 heteroatoms. The van der Waals surface area contributed by atoms with Gasteiger partial charge in [0, 0.05) is 13.1 Å². The van der Waals surface area contributed by atoms with Crippen molar-refractivity contribution < 1.29 is 18.3 Å². The van der Waals surface area contributed by atoms with Crippen LogP contribution in [0, 0.1) is 5.92 Å². The standard InChI is InChI=1S/C11H22N2O4S/c1-3-4-10(11(14)15)12-18(16,17)13-7-5-9(2)6-8-13/h9-10,12H,3-8H2,1-2H3,(H,14,15). The van der Waals surface area contributed by atoms with Crippen LogP contribution in [0.5, 0.6) is 0 Å². The minimum Gasteiger partial charge on any atom is -0.480 e. The zero-order chi connectivity index (χ0) is 13.8. The van der Waals surface area contributed by atoms with Crippen LogP contribution in [0.3, 0.4) is 0 Å². The Morgan fingerprint density at radius 3 is 2.44 bits per heavy atom. The van der Waals surface area contributed by atoms with E-state index in [0.29, 0.717) is 31.8 Å². The summed E-state index contributed by atoms with van der Waals surface area (Å²) >= 11 is 0. The van der Waals surface area contributed by atoms with E-state index in [1.54, 1.807) is 0 Å². The molecule has 1 saturated heterocycles. The first-order valence-corrected chi connectivity index (χ1v) is 7.81. The van der Waals surface area contributed by atoms with E-state index in [1.165, 1.54) is 4.31 Å². The van der Waals surface area contributed by atoms with E-state index in [9.17, 15) is 13.2 Å². The van der Waals surface area contributed by atoms with Crippen LogP contribution in [-0.4, -0.2) is 42.9 Å². The lowest BCUT2D eigenvalue weighted by Crippen LogP contribution is -2.50. The van der Waals surface area contributed by atoms with Crippen molar-refractivity contribution in [1.82, 2.24) is 9.03 Å². The van der Waals surface area contributed by atoms with Crippen LogP contribution in [0.2, 0.25) is 0 Å². The van der Waals surface area contributed by atoms with Crippen LogP contribution in [0.25, 0.3) is 0 Å². The topological polar surface area (TPSA) is 86.7 Å². The minimum absolute atomic E-state index is 0.304. The Balaban J connectivity index is 2.65. The van der Waals surface area contributed by atoms with Gasteiger partial charge in [0.05, 0.1) is 0 Å². The van der Waals surface area contributed by atoms with Crippen LogP contribution in [0.4, 0.5) is 0 Å². The second-order valence-corrected chi connectivity index (χ2v) is 6.59. The zero-order valence-corrected chi connectivity index (χ0v) is 11.7. The second kappa shape index (κ2) is 6.49. The summed E-state index contributed by atoms with van der Waals surface area (Å²) in [4.78, 5) is 11.0. The zero-order valence-electron chi connectivity index (χ0n) is 10.9. The van der Waals surface area contributed by atoms with Crippen LogP contribution >= 0.6 is 0 Å². The summed E-state index contributed by atoms with van der Waals surface area (Å²) in [6, 6.07) is -1.03. The fourth-order valence-corrected chi connectivity index (χ4v) is 3.42. The summed E-state index contributed by atoms with van der Waals surface area (Å²) in [5.74, 6) is -0.590. The van der Waals surface area contributed by atoms with Gasteiger partial charge >= 0.3 is 5.97 Å². The van der Waals surface area contributed by atoms with Crippen molar-refractivity contribution in [2.24, 2.45) is 5.92 Å². The van der Waals surface area contributed by atoms with Gasteiger partial charge in [-0.1, -0.05) is 20.3 Å². The molecule has 0 aromatic heterocycles. The molecule has 0 saturated carbocycles. The molecule has 106 valence electrons. The van der Waals surface area contributed by atoms with E-state index < -0.39 is 22.2 Å². The molecule has 1 aliphatic rings. The number of piperidine rings is 1. The molecule has 0 aliphatic carbocycles. The molecule has 1 rings (SSSR count). The molecule has 0 aromatic rings. The first kappa shape index (κ1) is 15.4. The van der Waals surface area contributed by atoms with E-state index in [2.05, 4.69) is 11.6 Å². The third-order valence-electron chi connectivity index (χ3n) is 3.25. The Morgan fingerprint density at radius 1 is 1.44 bits per heavy atom. The lowest BCUT2D eigenvalue weighted by Gasteiger charge is -2.30. The maximum atomic E-state index is 12.0. The molecular formula is C11H22N2O4S. The number of hydrogen-bond acceptors (Lipinski definition) is 3. The van der Waals surface area contributed by atoms with Gasteiger partial charge in [0.15, 0.2) is 0 Å². The van der Waals surface area contributed by atoms with Crippen molar-refractivity contribution >= 4 is 16.2 Å². The van der Waals surface area contributed by atoms with Gasteiger partial charge in [-0.05, 0) is 25.2 Å². The Hall–Kier alpha value is -0.660. The van der Waals surface area contributed by atoms with E-state index in [0.717, 1.165) is 12.8 Å². The quantitative estimate of drug-likeness (QED) is 0.752. The first-order valence-electron chi connectivity index (χ1n) is 6.37. The van der Waals surface area contributed by atoms with Crippen LogP contribution in [0.1, 0.15) is 39.5 Å². The normalized spacial score (nSPS) is 20.8. The van der Waals surface area contributed by atoms with Gasteiger partial charge in [-0.25, -0.2) is 0 Å². The monoisotopic (exact) mass is 278 g/mol. The highest BCUT2D eigenvalue weighted by Crippen LogP contribution is 2.18. The third kappa shape index (κ3) is 4.22. The Kier molecular flexibility index (Phi) is 5.55. The Bertz CT molecular complexity index is 375. The summed E-state index contributed by atoms with van der Waals surface area (Å²) < 4.78 is 27.7. The summed E-state index contributed by atoms with van der Waals surface area (Å²) in [7, 11) is -3.67. The molecular weight excluding hydrogens is 256 g/mol. The van der Waals surface area contributed by atoms with Crippen LogP contribution in [-0.2, 0) is 15.0 Å². The third-order valence-corrected chi connectivity index (χ3v) is 4.88. The summed E-state index contributed by atoms with van der Waals surface area (Å²) in [6.07, 6.45) is 2.58. The Morgan fingerprint density at radius 2 is 2.00 bits per heavy atom. The number of carbonyl (C=O) groups is 1. The van der Waals surface area contributed by atoms with Gasteiger partial charge < -0.3 is 5.11 Å². The molecule has 2 N–H and O–H groups in total. The maximum absolute atomic E-state index is 12.0. The molecule has 0 bridgehead atoms. The number of aliphatic carboxylic acids is 1. The number of nitrogens with one attached hydrogen (secondary N) is 1. The fourth-order valence-electron chi connectivity index (χ4n) is 2.00. The number of carboxylic acid groups (broad SMARTS) is 1. The van der Waals surface area contributed by atoms with Crippen molar-refractivity contribution in [2.75, 3.05) is 13.1 Å². The predicted octanol–water partition coefficient (Wildman–Crippen LogP) is 0.806. The van der Waals surface area contributed by atoms with Crippen LogP contribution < -0.4 is 4.72 Å². The highest BCUT2D eigenvalue weighted by Gasteiger charge is 2.30. The van der Waals surface area contributed by atoms with Gasteiger partial charge in [0.25, 0.3) is 10.2 Å². The average molecular weight is 278 g/mol. The largest absolute Gasteiger partial charge is 0.480 e. The number of rotatable bonds is 6. The first-order chi connectivity index (χ1) is 8.36. The number of hydrogen-bond donors (Lipinski definition) is 2. The van der Waals surface area contributed by atoms with Gasteiger partial charge in [-0.3, -0.25) is 4.79 Å². The molecule has 1 unspecified atom stereocenters. The summed E-state index contributed by atoms with van der Waals surface area (Å²) in [5, 5.41) is 8.96. The fraction of sp³-hybridized carbons (Fsp3) is 0.909. The molecule has 0 radical (unpaired) electrons. The lowest BCUT2D eigenvalue weighted by atomic mass is 10.0. The summed E-state index contributed by atoms with van der Waals surface area (Å²) in [5.41, 5.74) is 0. The van der Waals surface area contributed by atoms with E-state index >= 15 is 0 Å². The highest BCUT2D eigenvalue weighted by atomic mass is 32.2. The van der Waals surface area contributed by atoms with E-state index in [1.807, 2.05) is 6.92 Å². The molecule has 1 heterocycles. The van der Waals surface area contributed by atoms with Crippen molar-refractivity contribution in [2.45, 2.75) is 45.6 Å². The molecule has 0 aromatic carbocycles. The van der Waals surface area contributed by atoms with Crippen molar-refractivity contribution in [3.63, 3.8) is 0 Å². The molecule has 1 aliphatic heterocycles. The molecule has 0 amide bonds. The van der Waals surface area contributed by atoms with Crippen molar-refractivity contribution in [1.29, 1.82) is 0 Å². The number of nitrogens with zero attached hydrogens (tertiary/aromatic N) is 1.